The summed E-state index contributed by atoms with van der Waals surface area (Å²) in [5.41, 5.74) is 8.40. The Morgan fingerprint density at radius 2 is 2.11 bits per heavy atom. The third-order valence-corrected chi connectivity index (χ3v) is 2.70. The van der Waals surface area contributed by atoms with E-state index in [0.29, 0.717) is 18.0 Å². The average Bonchev–Trinajstić information content (AvgIpc) is 2.67. The maximum Gasteiger partial charge on any atom is 0.146 e. The Morgan fingerprint density at radius 1 is 1.33 bits per heavy atom. The van der Waals surface area contributed by atoms with Gasteiger partial charge in [0.05, 0.1) is 24.2 Å². The Bertz CT molecular complexity index is 549. The number of rotatable bonds is 4. The molecule has 0 aliphatic carbocycles. The minimum absolute atomic E-state index is 0.425. The van der Waals surface area contributed by atoms with Crippen molar-refractivity contribution in [2.75, 3.05) is 12.8 Å². The van der Waals surface area contributed by atoms with E-state index in [9.17, 15) is 0 Å². The second kappa shape index (κ2) is 5.00. The second-order valence-corrected chi connectivity index (χ2v) is 4.09. The molecule has 2 aromatic rings. The van der Waals surface area contributed by atoms with Crippen molar-refractivity contribution in [2.45, 2.75) is 13.5 Å². The van der Waals surface area contributed by atoms with E-state index in [2.05, 4.69) is 5.10 Å². The smallest absolute Gasteiger partial charge is 0.146 e. The van der Waals surface area contributed by atoms with Gasteiger partial charge in [-0.2, -0.15) is 5.10 Å². The van der Waals surface area contributed by atoms with Gasteiger partial charge in [-0.3, -0.25) is 4.68 Å². The topological polar surface area (TPSA) is 62.3 Å². The molecule has 1 aromatic carbocycles. The second-order valence-electron chi connectivity index (χ2n) is 4.09. The number of benzene rings is 1. The molecule has 0 aliphatic rings. The van der Waals surface area contributed by atoms with Crippen molar-refractivity contribution in [2.24, 2.45) is 7.05 Å². The maximum absolute atomic E-state index is 5.85. The van der Waals surface area contributed by atoms with Crippen molar-refractivity contribution in [1.29, 1.82) is 0 Å². The van der Waals surface area contributed by atoms with Gasteiger partial charge in [0.25, 0.3) is 0 Å². The number of nitrogens with two attached hydrogens (primary N) is 1. The summed E-state index contributed by atoms with van der Waals surface area (Å²) in [6, 6.07) is 7.33. The molecular formula is C13H17N3O2. The number of nitrogens with zero attached hydrogens (tertiary/aromatic N) is 2. The summed E-state index contributed by atoms with van der Waals surface area (Å²) in [5.74, 6) is 1.34. The van der Waals surface area contributed by atoms with E-state index in [1.54, 1.807) is 30.0 Å². The Labute approximate surface area is 106 Å². The summed E-state index contributed by atoms with van der Waals surface area (Å²) >= 11 is 0. The average molecular weight is 247 g/mol. The van der Waals surface area contributed by atoms with Crippen LogP contribution in [0.3, 0.4) is 0 Å². The normalized spacial score (nSPS) is 10.4. The minimum atomic E-state index is 0.425. The van der Waals surface area contributed by atoms with E-state index in [4.69, 9.17) is 15.2 Å². The summed E-state index contributed by atoms with van der Waals surface area (Å²) in [7, 11) is 3.50. The molecule has 0 atom stereocenters. The molecule has 0 unspecified atom stereocenters. The van der Waals surface area contributed by atoms with Crippen LogP contribution < -0.4 is 15.2 Å². The zero-order chi connectivity index (χ0) is 13.1. The van der Waals surface area contributed by atoms with Crippen LogP contribution in [-0.4, -0.2) is 16.9 Å². The Hall–Kier alpha value is -2.17. The van der Waals surface area contributed by atoms with Crippen LogP contribution in [0.5, 0.6) is 11.5 Å². The third kappa shape index (κ3) is 2.56. The first-order chi connectivity index (χ1) is 8.60. The van der Waals surface area contributed by atoms with Crippen molar-refractivity contribution in [3.8, 4) is 11.5 Å². The van der Waals surface area contributed by atoms with Crippen LogP contribution in [0.4, 0.5) is 5.69 Å². The highest BCUT2D eigenvalue weighted by molar-refractivity contribution is 5.55. The number of aryl methyl sites for hydroxylation is 2. The Kier molecular flexibility index (Phi) is 3.41. The van der Waals surface area contributed by atoms with Crippen LogP contribution in [-0.2, 0) is 13.7 Å². The van der Waals surface area contributed by atoms with Crippen molar-refractivity contribution in [3.63, 3.8) is 0 Å². The molecule has 1 heterocycles. The summed E-state index contributed by atoms with van der Waals surface area (Å²) in [6.45, 7) is 2.37. The largest absolute Gasteiger partial charge is 0.497 e. The SMILES string of the molecule is COc1ccc(N)c(OCc2cc(C)nn2C)c1. The fourth-order valence-electron chi connectivity index (χ4n) is 1.72. The van der Waals surface area contributed by atoms with Gasteiger partial charge >= 0.3 is 0 Å². The number of methoxy groups -OCH3 is 1. The summed E-state index contributed by atoms with van der Waals surface area (Å²) in [6.07, 6.45) is 0. The van der Waals surface area contributed by atoms with E-state index in [-0.39, 0.29) is 0 Å². The molecule has 2 N–H and O–H groups in total. The van der Waals surface area contributed by atoms with Gasteiger partial charge in [-0.05, 0) is 25.1 Å². The third-order valence-electron chi connectivity index (χ3n) is 2.70. The summed E-state index contributed by atoms with van der Waals surface area (Å²) in [5, 5.41) is 4.26. The van der Waals surface area contributed by atoms with E-state index in [1.807, 2.05) is 20.0 Å². The quantitative estimate of drug-likeness (QED) is 0.838. The maximum atomic E-state index is 5.85. The van der Waals surface area contributed by atoms with E-state index < -0.39 is 0 Å². The Morgan fingerprint density at radius 3 is 2.72 bits per heavy atom. The van der Waals surface area contributed by atoms with Crippen molar-refractivity contribution >= 4 is 5.69 Å². The molecule has 0 saturated carbocycles. The van der Waals surface area contributed by atoms with Crippen LogP contribution in [0.25, 0.3) is 0 Å². The molecule has 1 aromatic heterocycles. The first kappa shape index (κ1) is 12.3. The molecule has 0 spiro atoms. The molecule has 0 radical (unpaired) electrons. The number of aromatic nitrogens is 2. The number of nitrogen functional groups attached to an aromatic ring is 1. The van der Waals surface area contributed by atoms with Gasteiger partial charge in [-0.25, -0.2) is 0 Å². The molecule has 18 heavy (non-hydrogen) atoms. The predicted molar refractivity (Wildman–Crippen MR) is 69.7 cm³/mol. The first-order valence-corrected chi connectivity index (χ1v) is 5.66. The number of hydrogen-bond donors (Lipinski definition) is 1. The molecule has 0 aliphatic heterocycles. The first-order valence-electron chi connectivity index (χ1n) is 5.66. The highest BCUT2D eigenvalue weighted by Gasteiger charge is 2.06. The van der Waals surface area contributed by atoms with Gasteiger partial charge in [0.1, 0.15) is 18.1 Å². The molecule has 5 nitrogen and oxygen atoms in total. The zero-order valence-corrected chi connectivity index (χ0v) is 10.8. The number of anilines is 1. The lowest BCUT2D eigenvalue weighted by Gasteiger charge is -2.10. The zero-order valence-electron chi connectivity index (χ0n) is 10.8. The van der Waals surface area contributed by atoms with Gasteiger partial charge < -0.3 is 15.2 Å². The molecular weight excluding hydrogens is 230 g/mol. The van der Waals surface area contributed by atoms with Crippen molar-refractivity contribution in [3.05, 3.63) is 35.7 Å². The van der Waals surface area contributed by atoms with Gasteiger partial charge in [0.2, 0.25) is 0 Å². The molecule has 96 valence electrons. The highest BCUT2D eigenvalue weighted by atomic mass is 16.5. The summed E-state index contributed by atoms with van der Waals surface area (Å²) < 4.78 is 12.6. The Balaban J connectivity index is 2.12. The van der Waals surface area contributed by atoms with E-state index >= 15 is 0 Å². The summed E-state index contributed by atoms with van der Waals surface area (Å²) in [4.78, 5) is 0. The van der Waals surface area contributed by atoms with Crippen LogP contribution in [0.15, 0.2) is 24.3 Å². The highest BCUT2D eigenvalue weighted by Crippen LogP contribution is 2.27. The number of hydrogen-bond acceptors (Lipinski definition) is 4. The van der Waals surface area contributed by atoms with Gasteiger partial charge in [-0.15, -0.1) is 0 Å². The van der Waals surface area contributed by atoms with Crippen LogP contribution in [0.1, 0.15) is 11.4 Å². The lowest BCUT2D eigenvalue weighted by molar-refractivity contribution is 0.294. The van der Waals surface area contributed by atoms with Crippen LogP contribution >= 0.6 is 0 Å². The predicted octanol–water partition coefficient (Wildman–Crippen LogP) is 1.90. The molecule has 0 saturated heterocycles. The molecule has 2 rings (SSSR count). The van der Waals surface area contributed by atoms with Crippen LogP contribution in [0.2, 0.25) is 0 Å². The van der Waals surface area contributed by atoms with Gasteiger partial charge in [0, 0.05) is 13.1 Å². The fraction of sp³-hybridized carbons (Fsp3) is 0.308. The number of ether oxygens (including phenoxy) is 2. The standard InChI is InChI=1S/C13H17N3O2/c1-9-6-10(16(2)15-9)8-18-13-7-11(17-3)4-5-12(13)14/h4-7H,8,14H2,1-3H3. The monoisotopic (exact) mass is 247 g/mol. The lowest BCUT2D eigenvalue weighted by atomic mass is 10.3. The molecule has 0 amide bonds. The van der Waals surface area contributed by atoms with Gasteiger partial charge in [0.15, 0.2) is 0 Å². The van der Waals surface area contributed by atoms with E-state index in [0.717, 1.165) is 17.1 Å². The van der Waals surface area contributed by atoms with Crippen LogP contribution in [0, 0.1) is 6.92 Å². The van der Waals surface area contributed by atoms with Crippen molar-refractivity contribution < 1.29 is 9.47 Å². The molecule has 0 fully saturated rings. The molecule has 0 bridgehead atoms. The van der Waals surface area contributed by atoms with Crippen molar-refractivity contribution in [1.82, 2.24) is 9.78 Å². The molecule has 5 heteroatoms. The minimum Gasteiger partial charge on any atom is -0.497 e. The fourth-order valence-corrected chi connectivity index (χ4v) is 1.72. The van der Waals surface area contributed by atoms with E-state index in [1.165, 1.54) is 0 Å². The lowest BCUT2D eigenvalue weighted by Crippen LogP contribution is -2.04. The van der Waals surface area contributed by atoms with Gasteiger partial charge in [-0.1, -0.05) is 0 Å².